The second-order valence-corrected chi connectivity index (χ2v) is 5.23. The fraction of sp³-hybridized carbons (Fsp3) is 0.222. The Morgan fingerprint density at radius 2 is 1.50 bits per heavy atom. The fourth-order valence-corrected chi connectivity index (χ4v) is 2.13. The summed E-state index contributed by atoms with van der Waals surface area (Å²) in [6.45, 7) is 2.25. The molecule has 0 bridgehead atoms. The number of amides is 2. The first-order valence-electron chi connectivity index (χ1n) is 7.55. The Morgan fingerprint density at radius 1 is 0.958 bits per heavy atom. The average molecular weight is 332 g/mol. The number of likely N-dealkylation sites (N-methyl/N-ethyl adjacent to an activating group) is 1. The van der Waals surface area contributed by atoms with Gasteiger partial charge in [0, 0.05) is 18.7 Å². The smallest absolute Gasteiger partial charge is 0.254 e. The maximum absolute atomic E-state index is 12.9. The van der Waals surface area contributed by atoms with Crippen molar-refractivity contribution in [3.63, 3.8) is 0 Å². The van der Waals surface area contributed by atoms with Gasteiger partial charge in [-0.3, -0.25) is 9.59 Å². The molecule has 2 amide bonds. The zero-order chi connectivity index (χ0) is 17.5. The highest BCUT2D eigenvalue weighted by molar-refractivity contribution is 5.96. The van der Waals surface area contributed by atoms with Gasteiger partial charge in [-0.1, -0.05) is 12.1 Å². The largest absolute Gasteiger partial charge is 0.350 e. The zero-order valence-corrected chi connectivity index (χ0v) is 13.3. The van der Waals surface area contributed by atoms with E-state index >= 15 is 0 Å². The summed E-state index contributed by atoms with van der Waals surface area (Å²) in [4.78, 5) is 25.7. The molecule has 0 atom stereocenters. The lowest BCUT2D eigenvalue weighted by Crippen LogP contribution is -2.40. The van der Waals surface area contributed by atoms with Crippen LogP contribution >= 0.6 is 0 Å². The fourth-order valence-electron chi connectivity index (χ4n) is 2.13. The van der Waals surface area contributed by atoms with Gasteiger partial charge in [0.15, 0.2) is 0 Å². The molecule has 0 aliphatic rings. The van der Waals surface area contributed by atoms with Gasteiger partial charge in [0.25, 0.3) is 5.91 Å². The molecule has 2 aromatic carbocycles. The van der Waals surface area contributed by atoms with Crippen molar-refractivity contribution in [3.8, 4) is 0 Å². The number of carbonyl (C=O) groups excluding carboxylic acids is 2. The molecule has 0 saturated carbocycles. The van der Waals surface area contributed by atoms with Crippen LogP contribution in [0.1, 0.15) is 22.8 Å². The number of rotatable bonds is 6. The Kier molecular flexibility index (Phi) is 6.01. The molecule has 0 radical (unpaired) electrons. The maximum atomic E-state index is 12.9. The van der Waals surface area contributed by atoms with Crippen molar-refractivity contribution in [1.82, 2.24) is 10.2 Å². The van der Waals surface area contributed by atoms with E-state index in [4.69, 9.17) is 0 Å². The number of benzene rings is 2. The lowest BCUT2D eigenvalue weighted by atomic mass is 10.2. The van der Waals surface area contributed by atoms with Crippen molar-refractivity contribution in [2.45, 2.75) is 13.5 Å². The molecule has 0 aliphatic carbocycles. The lowest BCUT2D eigenvalue weighted by Gasteiger charge is -2.20. The van der Waals surface area contributed by atoms with Crippen molar-refractivity contribution >= 4 is 11.8 Å². The van der Waals surface area contributed by atoms with Crippen LogP contribution in [0.4, 0.5) is 8.78 Å². The third-order valence-electron chi connectivity index (χ3n) is 3.50. The van der Waals surface area contributed by atoms with Crippen LogP contribution in [0, 0.1) is 11.6 Å². The first-order valence-corrected chi connectivity index (χ1v) is 7.55. The monoisotopic (exact) mass is 332 g/mol. The quantitative estimate of drug-likeness (QED) is 0.884. The molecular weight excluding hydrogens is 314 g/mol. The van der Waals surface area contributed by atoms with Gasteiger partial charge in [-0.25, -0.2) is 8.78 Å². The Labute approximate surface area is 139 Å². The highest BCUT2D eigenvalue weighted by Crippen LogP contribution is 2.07. The van der Waals surface area contributed by atoms with Crippen LogP contribution < -0.4 is 5.32 Å². The van der Waals surface area contributed by atoms with Gasteiger partial charge >= 0.3 is 0 Å². The van der Waals surface area contributed by atoms with Gasteiger partial charge in [-0.2, -0.15) is 0 Å². The van der Waals surface area contributed by atoms with Gasteiger partial charge in [0.1, 0.15) is 11.6 Å². The number of nitrogens with zero attached hydrogens (tertiary/aromatic N) is 1. The average Bonchev–Trinajstić information content (AvgIpc) is 2.59. The Balaban J connectivity index is 1.91. The number of carbonyl (C=O) groups is 2. The molecule has 0 unspecified atom stereocenters. The summed E-state index contributed by atoms with van der Waals surface area (Å²) in [5.41, 5.74) is 1.09. The number of hydrogen-bond donors (Lipinski definition) is 1. The molecule has 4 nitrogen and oxygen atoms in total. The standard InChI is InChI=1S/C18H18F2N2O2/c1-2-22(18(24)14-5-9-16(20)10-6-14)12-17(23)21-11-13-3-7-15(19)8-4-13/h3-10H,2,11-12H2,1H3,(H,21,23). The molecule has 6 heteroatoms. The topological polar surface area (TPSA) is 49.4 Å². The third kappa shape index (κ3) is 4.87. The predicted molar refractivity (Wildman–Crippen MR) is 86.2 cm³/mol. The summed E-state index contributed by atoms with van der Waals surface area (Å²) in [5, 5.41) is 2.68. The summed E-state index contributed by atoms with van der Waals surface area (Å²) in [6.07, 6.45) is 0. The minimum Gasteiger partial charge on any atom is -0.350 e. The molecule has 2 aromatic rings. The molecule has 2 rings (SSSR count). The van der Waals surface area contributed by atoms with E-state index in [0.717, 1.165) is 5.56 Å². The normalized spacial score (nSPS) is 10.3. The minimum atomic E-state index is -0.424. The Hall–Kier alpha value is -2.76. The molecule has 0 spiro atoms. The first kappa shape index (κ1) is 17.6. The number of halogens is 2. The molecule has 0 saturated heterocycles. The van der Waals surface area contributed by atoms with Gasteiger partial charge < -0.3 is 10.2 Å². The summed E-state index contributed by atoms with van der Waals surface area (Å²) in [5.74, 6) is -1.43. The van der Waals surface area contributed by atoms with Crippen molar-refractivity contribution in [1.29, 1.82) is 0 Å². The second kappa shape index (κ2) is 8.19. The third-order valence-corrected chi connectivity index (χ3v) is 3.50. The summed E-state index contributed by atoms with van der Waals surface area (Å²) >= 11 is 0. The van der Waals surface area contributed by atoms with Gasteiger partial charge in [0.05, 0.1) is 6.54 Å². The highest BCUT2D eigenvalue weighted by atomic mass is 19.1. The highest BCUT2D eigenvalue weighted by Gasteiger charge is 2.17. The van der Waals surface area contributed by atoms with E-state index in [1.807, 2.05) is 0 Å². The minimum absolute atomic E-state index is 0.103. The SMILES string of the molecule is CCN(CC(=O)NCc1ccc(F)cc1)C(=O)c1ccc(F)cc1. The molecule has 126 valence electrons. The zero-order valence-electron chi connectivity index (χ0n) is 13.3. The van der Waals surface area contributed by atoms with Crippen LogP contribution in [0.15, 0.2) is 48.5 Å². The van der Waals surface area contributed by atoms with Crippen LogP contribution in [0.5, 0.6) is 0 Å². The van der Waals surface area contributed by atoms with Gasteiger partial charge in [-0.05, 0) is 48.9 Å². The van der Waals surface area contributed by atoms with Gasteiger partial charge in [0.2, 0.25) is 5.91 Å². The summed E-state index contributed by atoms with van der Waals surface area (Å²) in [7, 11) is 0. The van der Waals surface area contributed by atoms with E-state index in [1.165, 1.54) is 41.3 Å². The molecule has 0 aromatic heterocycles. The summed E-state index contributed by atoms with van der Waals surface area (Å²) < 4.78 is 25.7. The first-order chi connectivity index (χ1) is 11.5. The van der Waals surface area contributed by atoms with Crippen LogP contribution in [-0.4, -0.2) is 29.8 Å². The molecule has 0 heterocycles. The Morgan fingerprint density at radius 3 is 2.04 bits per heavy atom. The molecule has 0 fully saturated rings. The van der Waals surface area contributed by atoms with Crippen molar-refractivity contribution < 1.29 is 18.4 Å². The van der Waals surface area contributed by atoms with E-state index in [9.17, 15) is 18.4 Å². The van der Waals surface area contributed by atoms with E-state index in [0.29, 0.717) is 12.1 Å². The Bertz CT molecular complexity index is 700. The second-order valence-electron chi connectivity index (χ2n) is 5.23. The van der Waals surface area contributed by atoms with E-state index in [2.05, 4.69) is 5.32 Å². The molecule has 0 aliphatic heterocycles. The van der Waals surface area contributed by atoms with E-state index in [-0.39, 0.29) is 30.7 Å². The van der Waals surface area contributed by atoms with Crippen molar-refractivity contribution in [2.24, 2.45) is 0 Å². The molecule has 24 heavy (non-hydrogen) atoms. The summed E-state index contributed by atoms with van der Waals surface area (Å²) in [6, 6.07) is 11.0. The van der Waals surface area contributed by atoms with Crippen molar-refractivity contribution in [3.05, 3.63) is 71.3 Å². The lowest BCUT2D eigenvalue weighted by molar-refractivity contribution is -0.121. The van der Waals surface area contributed by atoms with Crippen LogP contribution in [-0.2, 0) is 11.3 Å². The van der Waals surface area contributed by atoms with Gasteiger partial charge in [-0.15, -0.1) is 0 Å². The van der Waals surface area contributed by atoms with Crippen molar-refractivity contribution in [2.75, 3.05) is 13.1 Å². The van der Waals surface area contributed by atoms with Crippen LogP contribution in [0.2, 0.25) is 0 Å². The molecular formula is C18H18F2N2O2. The van der Waals surface area contributed by atoms with E-state index < -0.39 is 5.82 Å². The van der Waals surface area contributed by atoms with E-state index in [1.54, 1.807) is 19.1 Å². The number of hydrogen-bond acceptors (Lipinski definition) is 2. The predicted octanol–water partition coefficient (Wildman–Crippen LogP) is 2.74. The van der Waals surface area contributed by atoms with Crippen LogP contribution in [0.25, 0.3) is 0 Å². The van der Waals surface area contributed by atoms with Crippen LogP contribution in [0.3, 0.4) is 0 Å². The molecule has 1 N–H and O–H groups in total. The maximum Gasteiger partial charge on any atom is 0.254 e. The number of nitrogens with one attached hydrogen (secondary N) is 1.